The summed E-state index contributed by atoms with van der Waals surface area (Å²) in [5, 5.41) is 12.1. The lowest BCUT2D eigenvalue weighted by atomic mass is 9.82. The van der Waals surface area contributed by atoms with Gasteiger partial charge in [0.05, 0.1) is 12.0 Å². The van der Waals surface area contributed by atoms with Crippen molar-refractivity contribution in [2.24, 2.45) is 0 Å². The van der Waals surface area contributed by atoms with Crippen molar-refractivity contribution in [2.75, 3.05) is 6.54 Å². The Hall–Kier alpha value is -1.35. The van der Waals surface area contributed by atoms with Crippen molar-refractivity contribution >= 4 is 5.91 Å². The number of carbonyl (C=O) groups is 1. The average Bonchev–Trinajstić information content (AvgIpc) is 2.37. The predicted octanol–water partition coefficient (Wildman–Crippen LogP) is 1.99. The molecule has 2 N–H and O–H groups in total. The Labute approximate surface area is 108 Å². The topological polar surface area (TPSA) is 49.3 Å². The van der Waals surface area contributed by atoms with Crippen LogP contribution in [0.15, 0.2) is 24.3 Å². The molecule has 2 unspecified atom stereocenters. The fraction of sp³-hybridized carbons (Fsp3) is 0.533. The van der Waals surface area contributed by atoms with Crippen molar-refractivity contribution in [3.05, 3.63) is 35.4 Å². The minimum Gasteiger partial charge on any atom is -0.393 e. The first-order chi connectivity index (χ1) is 8.68. The predicted molar refractivity (Wildman–Crippen MR) is 71.4 cm³/mol. The van der Waals surface area contributed by atoms with Crippen molar-refractivity contribution in [1.29, 1.82) is 0 Å². The summed E-state index contributed by atoms with van der Waals surface area (Å²) in [5.74, 6) is 0.0896. The van der Waals surface area contributed by atoms with Gasteiger partial charge >= 0.3 is 0 Å². The molecule has 3 heteroatoms. The van der Waals surface area contributed by atoms with Crippen LogP contribution in [0.2, 0.25) is 0 Å². The molecule has 2 atom stereocenters. The largest absolute Gasteiger partial charge is 0.393 e. The van der Waals surface area contributed by atoms with Gasteiger partial charge in [-0.15, -0.1) is 0 Å². The number of carbonyl (C=O) groups excluding carboxylic acids is 1. The van der Waals surface area contributed by atoms with Crippen molar-refractivity contribution < 1.29 is 9.90 Å². The number of benzene rings is 1. The normalized spacial score (nSPS) is 20.0. The zero-order chi connectivity index (χ0) is 13.0. The number of aryl methyl sites for hydroxylation is 1. The standard InChI is InChI=1S/C15H21NO2/c1-11(17)9-10-16-15(18)14-8-4-6-12-5-2-3-7-13(12)14/h2-3,5,7,11,14,17H,4,6,8-10H2,1H3,(H,16,18). The Morgan fingerprint density at radius 3 is 3.06 bits per heavy atom. The third-order valence-electron chi connectivity index (χ3n) is 3.55. The van der Waals surface area contributed by atoms with Gasteiger partial charge in [-0.1, -0.05) is 24.3 Å². The van der Waals surface area contributed by atoms with E-state index in [0.29, 0.717) is 13.0 Å². The number of aliphatic hydroxyl groups excluding tert-OH is 1. The van der Waals surface area contributed by atoms with Crippen LogP contribution in [0.3, 0.4) is 0 Å². The van der Waals surface area contributed by atoms with E-state index in [4.69, 9.17) is 0 Å². The zero-order valence-corrected chi connectivity index (χ0v) is 10.9. The van der Waals surface area contributed by atoms with Crippen LogP contribution in [0.25, 0.3) is 0 Å². The van der Waals surface area contributed by atoms with Crippen LogP contribution in [-0.2, 0) is 11.2 Å². The van der Waals surface area contributed by atoms with E-state index >= 15 is 0 Å². The molecule has 0 fully saturated rings. The van der Waals surface area contributed by atoms with Gasteiger partial charge < -0.3 is 10.4 Å². The lowest BCUT2D eigenvalue weighted by molar-refractivity contribution is -0.122. The van der Waals surface area contributed by atoms with Crippen molar-refractivity contribution in [1.82, 2.24) is 5.32 Å². The van der Waals surface area contributed by atoms with E-state index in [1.807, 2.05) is 12.1 Å². The smallest absolute Gasteiger partial charge is 0.227 e. The second-order valence-electron chi connectivity index (χ2n) is 5.07. The van der Waals surface area contributed by atoms with Gasteiger partial charge in [0.15, 0.2) is 0 Å². The summed E-state index contributed by atoms with van der Waals surface area (Å²) in [6, 6.07) is 8.21. The summed E-state index contributed by atoms with van der Waals surface area (Å²) in [4.78, 5) is 12.1. The van der Waals surface area contributed by atoms with Gasteiger partial charge in [0, 0.05) is 6.54 Å². The molecule has 1 aliphatic carbocycles. The quantitative estimate of drug-likeness (QED) is 0.855. The molecule has 0 saturated carbocycles. The summed E-state index contributed by atoms with van der Waals surface area (Å²) in [6.07, 6.45) is 3.33. The van der Waals surface area contributed by atoms with Crippen molar-refractivity contribution in [2.45, 2.75) is 44.6 Å². The number of fused-ring (bicyclic) bond motifs is 1. The maximum atomic E-state index is 12.1. The van der Waals surface area contributed by atoms with Crippen molar-refractivity contribution in [3.63, 3.8) is 0 Å². The Kier molecular flexibility index (Phi) is 4.37. The van der Waals surface area contributed by atoms with Crippen LogP contribution in [0.5, 0.6) is 0 Å². The number of hydrogen-bond acceptors (Lipinski definition) is 2. The highest BCUT2D eigenvalue weighted by Crippen LogP contribution is 2.31. The third-order valence-corrected chi connectivity index (χ3v) is 3.55. The lowest BCUT2D eigenvalue weighted by Gasteiger charge is -2.24. The molecule has 1 aromatic rings. The third kappa shape index (κ3) is 3.10. The zero-order valence-electron chi connectivity index (χ0n) is 10.9. The molecule has 0 aromatic heterocycles. The first kappa shape index (κ1) is 13.1. The fourth-order valence-electron chi connectivity index (χ4n) is 2.55. The monoisotopic (exact) mass is 247 g/mol. The summed E-state index contributed by atoms with van der Waals surface area (Å²) < 4.78 is 0. The van der Waals surface area contributed by atoms with E-state index < -0.39 is 0 Å². The summed E-state index contributed by atoms with van der Waals surface area (Å²) in [7, 11) is 0. The van der Waals surface area contributed by atoms with Crippen LogP contribution in [-0.4, -0.2) is 23.7 Å². The first-order valence-corrected chi connectivity index (χ1v) is 6.72. The molecule has 0 saturated heterocycles. The van der Waals surface area contributed by atoms with E-state index in [2.05, 4.69) is 17.4 Å². The Morgan fingerprint density at radius 2 is 2.28 bits per heavy atom. The van der Waals surface area contributed by atoms with Gasteiger partial charge in [0.1, 0.15) is 0 Å². The highest BCUT2D eigenvalue weighted by Gasteiger charge is 2.25. The van der Waals surface area contributed by atoms with Crippen molar-refractivity contribution in [3.8, 4) is 0 Å². The van der Waals surface area contributed by atoms with E-state index in [9.17, 15) is 9.90 Å². The number of hydrogen-bond donors (Lipinski definition) is 2. The molecule has 1 aromatic carbocycles. The molecule has 18 heavy (non-hydrogen) atoms. The van der Waals surface area contributed by atoms with Gasteiger partial charge in [0.2, 0.25) is 5.91 Å². The Morgan fingerprint density at radius 1 is 1.50 bits per heavy atom. The summed E-state index contributed by atoms with van der Waals surface area (Å²) >= 11 is 0. The lowest BCUT2D eigenvalue weighted by Crippen LogP contribution is -2.33. The molecule has 3 nitrogen and oxygen atoms in total. The molecule has 0 heterocycles. The SMILES string of the molecule is CC(O)CCNC(=O)C1CCCc2ccccc21. The van der Waals surface area contributed by atoms with Gasteiger partial charge in [-0.05, 0) is 43.7 Å². The Balaban J connectivity index is 1.99. The maximum Gasteiger partial charge on any atom is 0.227 e. The highest BCUT2D eigenvalue weighted by molar-refractivity contribution is 5.84. The molecule has 1 amide bonds. The van der Waals surface area contributed by atoms with Crippen LogP contribution in [0.4, 0.5) is 0 Å². The van der Waals surface area contributed by atoms with E-state index in [1.165, 1.54) is 11.1 Å². The molecule has 2 rings (SSSR count). The van der Waals surface area contributed by atoms with E-state index in [0.717, 1.165) is 19.3 Å². The van der Waals surface area contributed by atoms with Crippen LogP contribution < -0.4 is 5.32 Å². The minimum absolute atomic E-state index is 0.0102. The minimum atomic E-state index is -0.357. The van der Waals surface area contributed by atoms with Crippen LogP contribution >= 0.6 is 0 Å². The fourth-order valence-corrected chi connectivity index (χ4v) is 2.55. The number of aliphatic hydroxyl groups is 1. The van der Waals surface area contributed by atoms with Crippen LogP contribution in [0, 0.1) is 0 Å². The maximum absolute atomic E-state index is 12.1. The first-order valence-electron chi connectivity index (χ1n) is 6.72. The van der Waals surface area contributed by atoms with Crippen LogP contribution in [0.1, 0.15) is 43.2 Å². The van der Waals surface area contributed by atoms with Gasteiger partial charge in [0.25, 0.3) is 0 Å². The van der Waals surface area contributed by atoms with Gasteiger partial charge in [-0.3, -0.25) is 4.79 Å². The molecule has 0 radical (unpaired) electrons. The van der Waals surface area contributed by atoms with Gasteiger partial charge in [-0.2, -0.15) is 0 Å². The molecule has 0 spiro atoms. The second kappa shape index (κ2) is 6.01. The van der Waals surface area contributed by atoms with E-state index in [-0.39, 0.29) is 17.9 Å². The molecule has 1 aliphatic rings. The summed E-state index contributed by atoms with van der Waals surface area (Å²) in [5.41, 5.74) is 2.48. The number of nitrogens with one attached hydrogen (secondary N) is 1. The summed E-state index contributed by atoms with van der Waals surface area (Å²) in [6.45, 7) is 2.29. The molecule has 0 aliphatic heterocycles. The van der Waals surface area contributed by atoms with E-state index in [1.54, 1.807) is 6.92 Å². The van der Waals surface area contributed by atoms with Gasteiger partial charge in [-0.25, -0.2) is 0 Å². The number of rotatable bonds is 4. The molecule has 0 bridgehead atoms. The Bertz CT molecular complexity index is 415. The second-order valence-corrected chi connectivity index (χ2v) is 5.07. The molecule has 98 valence electrons. The highest BCUT2D eigenvalue weighted by atomic mass is 16.3. The number of amides is 1. The average molecular weight is 247 g/mol. The molecular formula is C15H21NO2. The molecular weight excluding hydrogens is 226 g/mol.